The largest absolute Gasteiger partial charge is 0.493 e. The number of ether oxygens (including phenoxy) is 3. The third-order valence-electron chi connectivity index (χ3n) is 3.28. The van der Waals surface area contributed by atoms with Gasteiger partial charge in [0.15, 0.2) is 17.3 Å². The summed E-state index contributed by atoms with van der Waals surface area (Å²) in [5.41, 5.74) is 1.37. The average molecular weight is 262 g/mol. The van der Waals surface area contributed by atoms with Gasteiger partial charge in [0.2, 0.25) is 5.75 Å². The van der Waals surface area contributed by atoms with E-state index in [1.807, 2.05) is 6.08 Å². The lowest BCUT2D eigenvalue weighted by Gasteiger charge is -2.15. The van der Waals surface area contributed by atoms with E-state index in [9.17, 15) is 4.79 Å². The van der Waals surface area contributed by atoms with Crippen molar-refractivity contribution in [3.05, 3.63) is 29.3 Å². The molecule has 0 unspecified atom stereocenters. The molecular weight excluding hydrogens is 244 g/mol. The van der Waals surface area contributed by atoms with Crippen LogP contribution in [0.25, 0.3) is 0 Å². The standard InChI is InChI=1S/C15H18O4/c1-17-12-9-8-11(14(18-2)15(12)19-3)13(16)10-6-4-5-7-10/h6,8-9H,4-5,7H2,1-3H3. The minimum absolute atomic E-state index is 0.00954. The quantitative estimate of drug-likeness (QED) is 0.765. The predicted octanol–water partition coefficient (Wildman–Crippen LogP) is 3.01. The van der Waals surface area contributed by atoms with E-state index in [1.165, 1.54) is 14.2 Å². The van der Waals surface area contributed by atoms with Gasteiger partial charge in [-0.1, -0.05) is 6.08 Å². The number of methoxy groups -OCH3 is 3. The van der Waals surface area contributed by atoms with Crippen molar-refractivity contribution in [2.75, 3.05) is 21.3 Å². The van der Waals surface area contributed by atoms with Gasteiger partial charge >= 0.3 is 0 Å². The van der Waals surface area contributed by atoms with Crippen molar-refractivity contribution >= 4 is 5.78 Å². The Labute approximate surface area is 113 Å². The molecule has 0 fully saturated rings. The van der Waals surface area contributed by atoms with E-state index in [2.05, 4.69) is 0 Å². The molecule has 1 aliphatic rings. The normalized spacial score (nSPS) is 13.9. The highest BCUT2D eigenvalue weighted by atomic mass is 16.5. The number of ketones is 1. The summed E-state index contributed by atoms with van der Waals surface area (Å²) < 4.78 is 15.8. The Morgan fingerprint density at radius 1 is 1.05 bits per heavy atom. The Balaban J connectivity index is 2.48. The molecular formula is C15H18O4. The van der Waals surface area contributed by atoms with Gasteiger partial charge in [-0.05, 0) is 37.0 Å². The minimum Gasteiger partial charge on any atom is -0.493 e. The first-order chi connectivity index (χ1) is 9.22. The smallest absolute Gasteiger partial charge is 0.204 e. The van der Waals surface area contributed by atoms with Crippen LogP contribution in [-0.2, 0) is 0 Å². The molecule has 1 aliphatic carbocycles. The lowest BCUT2D eigenvalue weighted by atomic mass is 10.0. The zero-order valence-electron chi connectivity index (χ0n) is 11.5. The summed E-state index contributed by atoms with van der Waals surface area (Å²) in [7, 11) is 4.61. The zero-order chi connectivity index (χ0) is 13.8. The van der Waals surface area contributed by atoms with Crippen LogP contribution in [-0.4, -0.2) is 27.1 Å². The number of benzene rings is 1. The highest BCUT2D eigenvalue weighted by Gasteiger charge is 2.23. The van der Waals surface area contributed by atoms with Gasteiger partial charge in [-0.15, -0.1) is 0 Å². The van der Waals surface area contributed by atoms with Crippen molar-refractivity contribution in [1.29, 1.82) is 0 Å². The van der Waals surface area contributed by atoms with Crippen LogP contribution in [0.5, 0.6) is 17.2 Å². The molecule has 4 heteroatoms. The van der Waals surface area contributed by atoms with Crippen LogP contribution in [0.15, 0.2) is 23.8 Å². The molecule has 0 amide bonds. The fourth-order valence-corrected chi connectivity index (χ4v) is 2.33. The first-order valence-electron chi connectivity index (χ1n) is 6.25. The van der Waals surface area contributed by atoms with Crippen LogP contribution in [0.3, 0.4) is 0 Å². The van der Waals surface area contributed by atoms with Crippen molar-refractivity contribution in [3.63, 3.8) is 0 Å². The summed E-state index contributed by atoms with van der Waals surface area (Å²) in [5, 5.41) is 0. The van der Waals surface area contributed by atoms with Gasteiger partial charge in [-0.2, -0.15) is 0 Å². The van der Waals surface area contributed by atoms with Gasteiger partial charge < -0.3 is 14.2 Å². The Kier molecular flexibility index (Phi) is 4.10. The zero-order valence-corrected chi connectivity index (χ0v) is 11.5. The SMILES string of the molecule is COc1ccc(C(=O)C2=CCCC2)c(OC)c1OC. The van der Waals surface area contributed by atoms with Crippen molar-refractivity contribution in [2.24, 2.45) is 0 Å². The van der Waals surface area contributed by atoms with Crippen molar-refractivity contribution < 1.29 is 19.0 Å². The second-order valence-electron chi connectivity index (χ2n) is 4.33. The fraction of sp³-hybridized carbons (Fsp3) is 0.400. The van der Waals surface area contributed by atoms with Gasteiger partial charge in [0.1, 0.15) is 0 Å². The molecule has 1 aromatic rings. The molecule has 0 bridgehead atoms. The van der Waals surface area contributed by atoms with E-state index in [0.29, 0.717) is 22.8 Å². The highest BCUT2D eigenvalue weighted by Crippen LogP contribution is 2.41. The summed E-state index contributed by atoms with van der Waals surface area (Å²) in [5.74, 6) is 1.45. The average Bonchev–Trinajstić information content (AvgIpc) is 2.98. The number of carbonyl (C=O) groups excluding carboxylic acids is 1. The maximum atomic E-state index is 12.4. The summed E-state index contributed by atoms with van der Waals surface area (Å²) in [6, 6.07) is 3.45. The monoisotopic (exact) mass is 262 g/mol. The molecule has 0 heterocycles. The number of Topliss-reactive ketones (excluding diaryl/α,β-unsaturated/α-hetero) is 1. The fourth-order valence-electron chi connectivity index (χ4n) is 2.33. The number of hydrogen-bond donors (Lipinski definition) is 0. The molecule has 1 aromatic carbocycles. The van der Waals surface area contributed by atoms with Gasteiger partial charge in [0.05, 0.1) is 26.9 Å². The second-order valence-corrected chi connectivity index (χ2v) is 4.33. The van der Waals surface area contributed by atoms with E-state index in [4.69, 9.17) is 14.2 Å². The summed E-state index contributed by atoms with van der Waals surface area (Å²) >= 11 is 0. The van der Waals surface area contributed by atoms with Gasteiger partial charge in [0.25, 0.3) is 0 Å². The first kappa shape index (κ1) is 13.5. The lowest BCUT2D eigenvalue weighted by Crippen LogP contribution is -2.06. The van der Waals surface area contributed by atoms with Crippen LogP contribution in [0.1, 0.15) is 29.6 Å². The van der Waals surface area contributed by atoms with Gasteiger partial charge in [-0.25, -0.2) is 0 Å². The summed E-state index contributed by atoms with van der Waals surface area (Å²) in [6.07, 6.45) is 4.84. The molecule has 0 radical (unpaired) electrons. The maximum Gasteiger partial charge on any atom is 0.204 e. The molecule has 19 heavy (non-hydrogen) atoms. The topological polar surface area (TPSA) is 44.8 Å². The van der Waals surface area contributed by atoms with Crippen LogP contribution in [0.2, 0.25) is 0 Å². The second kappa shape index (κ2) is 5.78. The van der Waals surface area contributed by atoms with Crippen LogP contribution >= 0.6 is 0 Å². The molecule has 0 spiro atoms. The third kappa shape index (κ3) is 2.43. The third-order valence-corrected chi connectivity index (χ3v) is 3.28. The van der Waals surface area contributed by atoms with Gasteiger partial charge in [0, 0.05) is 0 Å². The Morgan fingerprint density at radius 2 is 1.79 bits per heavy atom. The van der Waals surface area contributed by atoms with Crippen LogP contribution < -0.4 is 14.2 Å². The van der Waals surface area contributed by atoms with Crippen LogP contribution in [0.4, 0.5) is 0 Å². The van der Waals surface area contributed by atoms with E-state index < -0.39 is 0 Å². The van der Waals surface area contributed by atoms with Crippen LogP contribution in [0, 0.1) is 0 Å². The predicted molar refractivity (Wildman–Crippen MR) is 72.4 cm³/mol. The summed E-state index contributed by atoms with van der Waals surface area (Å²) in [6.45, 7) is 0. The molecule has 0 N–H and O–H groups in total. The minimum atomic E-state index is 0.00954. The van der Waals surface area contributed by atoms with Gasteiger partial charge in [-0.3, -0.25) is 4.79 Å². The molecule has 0 aromatic heterocycles. The highest BCUT2D eigenvalue weighted by molar-refractivity contribution is 6.11. The number of allylic oxidation sites excluding steroid dienone is 2. The Bertz CT molecular complexity index is 517. The summed E-state index contributed by atoms with van der Waals surface area (Å²) in [4.78, 5) is 12.4. The molecule has 102 valence electrons. The molecule has 2 rings (SSSR count). The molecule has 0 saturated heterocycles. The molecule has 0 atom stereocenters. The van der Waals surface area contributed by atoms with Crippen molar-refractivity contribution in [3.8, 4) is 17.2 Å². The number of hydrogen-bond acceptors (Lipinski definition) is 4. The lowest BCUT2D eigenvalue weighted by molar-refractivity contribution is 0.102. The Morgan fingerprint density at radius 3 is 2.32 bits per heavy atom. The van der Waals surface area contributed by atoms with E-state index in [-0.39, 0.29) is 5.78 Å². The van der Waals surface area contributed by atoms with Crippen molar-refractivity contribution in [2.45, 2.75) is 19.3 Å². The number of carbonyl (C=O) groups is 1. The molecule has 0 aliphatic heterocycles. The number of rotatable bonds is 5. The van der Waals surface area contributed by atoms with E-state index in [0.717, 1.165) is 24.8 Å². The molecule has 4 nitrogen and oxygen atoms in total. The maximum absolute atomic E-state index is 12.4. The van der Waals surface area contributed by atoms with E-state index in [1.54, 1.807) is 19.2 Å². The molecule has 0 saturated carbocycles. The first-order valence-corrected chi connectivity index (χ1v) is 6.25. The van der Waals surface area contributed by atoms with Crippen molar-refractivity contribution in [1.82, 2.24) is 0 Å². The Hall–Kier alpha value is -1.97. The van der Waals surface area contributed by atoms with E-state index >= 15 is 0 Å².